The first kappa shape index (κ1) is 13.3. The van der Waals surface area contributed by atoms with E-state index in [-0.39, 0.29) is 11.3 Å². The molecule has 3 nitrogen and oxygen atoms in total. The van der Waals surface area contributed by atoms with Gasteiger partial charge in [-0.1, -0.05) is 0 Å². The monoisotopic (exact) mass is 248 g/mol. The van der Waals surface area contributed by atoms with E-state index < -0.39 is 19.2 Å². The predicted molar refractivity (Wildman–Crippen MR) is 54.5 cm³/mol. The first-order chi connectivity index (χ1) is 7.96. The van der Waals surface area contributed by atoms with E-state index in [0.717, 1.165) is 0 Å². The Balaban J connectivity index is 2.71. The van der Waals surface area contributed by atoms with Crippen molar-refractivity contribution in [1.82, 2.24) is 0 Å². The minimum Gasteiger partial charge on any atom is -0.497 e. The molecule has 0 N–H and O–H groups in total. The number of hydrogen-bond donors (Lipinski definition) is 0. The highest BCUT2D eigenvalue weighted by Crippen LogP contribution is 2.25. The van der Waals surface area contributed by atoms with Gasteiger partial charge in [-0.25, -0.2) is 0 Å². The predicted octanol–water partition coefficient (Wildman–Crippen LogP) is 2.84. The highest BCUT2D eigenvalue weighted by atomic mass is 19.4. The number of methoxy groups -OCH3 is 1. The number of alkyl halides is 3. The van der Waals surface area contributed by atoms with Crippen molar-refractivity contribution in [2.24, 2.45) is 0 Å². The average molecular weight is 248 g/mol. The van der Waals surface area contributed by atoms with Crippen LogP contribution in [0.2, 0.25) is 0 Å². The molecule has 0 saturated carbocycles. The van der Waals surface area contributed by atoms with Crippen molar-refractivity contribution in [3.05, 3.63) is 23.8 Å². The van der Waals surface area contributed by atoms with Crippen LogP contribution in [-0.4, -0.2) is 26.2 Å². The Kier molecular flexibility index (Phi) is 4.37. The smallest absolute Gasteiger partial charge is 0.392 e. The lowest BCUT2D eigenvalue weighted by Crippen LogP contribution is -2.13. The van der Waals surface area contributed by atoms with Gasteiger partial charge in [-0.3, -0.25) is 4.79 Å². The lowest BCUT2D eigenvalue weighted by Gasteiger charge is -2.11. The second kappa shape index (κ2) is 5.56. The van der Waals surface area contributed by atoms with Crippen LogP contribution >= 0.6 is 0 Å². The summed E-state index contributed by atoms with van der Waals surface area (Å²) in [7, 11) is 1.41. The van der Waals surface area contributed by atoms with E-state index in [1.165, 1.54) is 25.3 Å². The van der Waals surface area contributed by atoms with Gasteiger partial charge in [-0.2, -0.15) is 13.2 Å². The summed E-state index contributed by atoms with van der Waals surface area (Å²) in [5.41, 5.74) is 0.188. The third-order valence-corrected chi connectivity index (χ3v) is 1.99. The lowest BCUT2D eigenvalue weighted by molar-refractivity contribution is -0.139. The molecule has 0 bridgehead atoms. The summed E-state index contributed by atoms with van der Waals surface area (Å²) in [6.45, 7) is -0.530. The quantitative estimate of drug-likeness (QED) is 0.751. The van der Waals surface area contributed by atoms with Gasteiger partial charge in [-0.15, -0.1) is 0 Å². The molecule has 0 amide bonds. The topological polar surface area (TPSA) is 35.5 Å². The first-order valence-corrected chi connectivity index (χ1v) is 4.79. The van der Waals surface area contributed by atoms with Crippen LogP contribution in [0.3, 0.4) is 0 Å². The second-order valence-corrected chi connectivity index (χ2v) is 3.24. The van der Waals surface area contributed by atoms with E-state index in [4.69, 9.17) is 9.47 Å². The molecule has 17 heavy (non-hydrogen) atoms. The molecule has 0 aromatic heterocycles. The van der Waals surface area contributed by atoms with Gasteiger partial charge in [0.1, 0.15) is 11.5 Å². The van der Waals surface area contributed by atoms with E-state index in [0.29, 0.717) is 12.0 Å². The van der Waals surface area contributed by atoms with Crippen LogP contribution in [0.4, 0.5) is 13.2 Å². The van der Waals surface area contributed by atoms with Crippen LogP contribution in [0.1, 0.15) is 16.8 Å². The third kappa shape index (κ3) is 4.34. The third-order valence-electron chi connectivity index (χ3n) is 1.99. The number of aldehydes is 1. The number of rotatable bonds is 5. The van der Waals surface area contributed by atoms with Crippen molar-refractivity contribution in [3.63, 3.8) is 0 Å². The number of hydrogen-bond acceptors (Lipinski definition) is 3. The molecule has 0 aliphatic carbocycles. The van der Waals surface area contributed by atoms with Gasteiger partial charge in [-0.05, 0) is 12.1 Å². The maximum atomic E-state index is 11.9. The zero-order valence-electron chi connectivity index (χ0n) is 9.08. The van der Waals surface area contributed by atoms with E-state index in [1.54, 1.807) is 0 Å². The van der Waals surface area contributed by atoms with E-state index in [2.05, 4.69) is 0 Å². The Morgan fingerprint density at radius 3 is 2.59 bits per heavy atom. The van der Waals surface area contributed by atoms with Gasteiger partial charge in [0.25, 0.3) is 0 Å². The van der Waals surface area contributed by atoms with Gasteiger partial charge in [0, 0.05) is 6.07 Å². The van der Waals surface area contributed by atoms with Gasteiger partial charge in [0.2, 0.25) is 0 Å². The molecule has 6 heteroatoms. The minimum atomic E-state index is -4.28. The van der Waals surface area contributed by atoms with Crippen molar-refractivity contribution in [1.29, 1.82) is 0 Å². The summed E-state index contributed by atoms with van der Waals surface area (Å²) >= 11 is 0. The zero-order valence-corrected chi connectivity index (χ0v) is 9.08. The SMILES string of the molecule is COc1ccc(C=O)c(OCCC(F)(F)F)c1. The number of benzene rings is 1. The van der Waals surface area contributed by atoms with Gasteiger partial charge < -0.3 is 9.47 Å². The number of carbonyl (C=O) groups excluding carboxylic acids is 1. The van der Waals surface area contributed by atoms with Crippen LogP contribution in [0, 0.1) is 0 Å². The molecule has 0 unspecified atom stereocenters. The highest BCUT2D eigenvalue weighted by molar-refractivity contribution is 5.79. The van der Waals surface area contributed by atoms with Crippen LogP contribution < -0.4 is 9.47 Å². The molecule has 0 aliphatic heterocycles. The zero-order chi connectivity index (χ0) is 12.9. The summed E-state index contributed by atoms with van der Waals surface area (Å²) in [6, 6.07) is 4.33. The molecular weight excluding hydrogens is 237 g/mol. The molecule has 0 aliphatic rings. The summed E-state index contributed by atoms with van der Waals surface area (Å²) in [5.74, 6) is 0.501. The standard InChI is InChI=1S/C11H11F3O3/c1-16-9-3-2-8(7-15)10(6-9)17-5-4-11(12,13)14/h2-3,6-7H,4-5H2,1H3. The van der Waals surface area contributed by atoms with E-state index in [9.17, 15) is 18.0 Å². The van der Waals surface area contributed by atoms with Crippen molar-refractivity contribution in [2.75, 3.05) is 13.7 Å². The summed E-state index contributed by atoms with van der Waals surface area (Å²) in [5, 5.41) is 0. The van der Waals surface area contributed by atoms with E-state index in [1.807, 2.05) is 0 Å². The fourth-order valence-corrected chi connectivity index (χ4v) is 1.14. The molecule has 1 rings (SSSR count). The largest absolute Gasteiger partial charge is 0.497 e. The Labute approximate surface area is 96.1 Å². The maximum absolute atomic E-state index is 11.9. The minimum absolute atomic E-state index is 0.0867. The fraction of sp³-hybridized carbons (Fsp3) is 0.364. The van der Waals surface area contributed by atoms with Crippen molar-refractivity contribution in [3.8, 4) is 11.5 Å². The lowest BCUT2D eigenvalue weighted by atomic mass is 10.2. The highest BCUT2D eigenvalue weighted by Gasteiger charge is 2.27. The van der Waals surface area contributed by atoms with Crippen LogP contribution in [-0.2, 0) is 0 Å². The Hall–Kier alpha value is -1.72. The molecule has 94 valence electrons. The number of halogens is 3. The molecule has 0 fully saturated rings. The number of carbonyl (C=O) groups is 1. The summed E-state index contributed by atoms with van der Waals surface area (Å²) in [6.07, 6.45) is -4.83. The molecule has 0 spiro atoms. The van der Waals surface area contributed by atoms with Crippen molar-refractivity contribution >= 4 is 6.29 Å². The van der Waals surface area contributed by atoms with Gasteiger partial charge in [0.15, 0.2) is 6.29 Å². The molecular formula is C11H11F3O3. The maximum Gasteiger partial charge on any atom is 0.392 e. The van der Waals surface area contributed by atoms with Gasteiger partial charge >= 0.3 is 6.18 Å². The normalized spacial score (nSPS) is 11.1. The molecule has 0 saturated heterocycles. The average Bonchev–Trinajstić information content (AvgIpc) is 2.27. The second-order valence-electron chi connectivity index (χ2n) is 3.24. The molecule has 1 aromatic rings. The Morgan fingerprint density at radius 1 is 1.35 bits per heavy atom. The Morgan fingerprint density at radius 2 is 2.06 bits per heavy atom. The molecule has 0 heterocycles. The van der Waals surface area contributed by atoms with Crippen LogP contribution in [0.15, 0.2) is 18.2 Å². The van der Waals surface area contributed by atoms with E-state index >= 15 is 0 Å². The summed E-state index contributed by atoms with van der Waals surface area (Å²) in [4.78, 5) is 10.6. The molecule has 1 aromatic carbocycles. The first-order valence-electron chi connectivity index (χ1n) is 4.79. The van der Waals surface area contributed by atoms with Crippen LogP contribution in [0.25, 0.3) is 0 Å². The van der Waals surface area contributed by atoms with Gasteiger partial charge in [0.05, 0.1) is 25.7 Å². The Bertz CT molecular complexity index is 388. The van der Waals surface area contributed by atoms with Crippen molar-refractivity contribution in [2.45, 2.75) is 12.6 Å². The fourth-order valence-electron chi connectivity index (χ4n) is 1.14. The van der Waals surface area contributed by atoms with Crippen molar-refractivity contribution < 1.29 is 27.4 Å². The molecule has 0 radical (unpaired) electrons. The molecule has 0 atom stereocenters. The number of ether oxygens (including phenoxy) is 2. The van der Waals surface area contributed by atoms with Crippen LogP contribution in [0.5, 0.6) is 11.5 Å². The summed E-state index contributed by atoms with van der Waals surface area (Å²) < 4.78 is 45.5.